The zero-order valence-electron chi connectivity index (χ0n) is 13.0. The second kappa shape index (κ2) is 6.18. The molecule has 22 heavy (non-hydrogen) atoms. The summed E-state index contributed by atoms with van der Waals surface area (Å²) in [6, 6.07) is 12.0. The van der Waals surface area contributed by atoms with Gasteiger partial charge in [-0.2, -0.15) is 0 Å². The number of amides is 1. The van der Waals surface area contributed by atoms with Crippen molar-refractivity contribution in [3.05, 3.63) is 59.4 Å². The summed E-state index contributed by atoms with van der Waals surface area (Å²) < 4.78 is 5.17. The third-order valence-electron chi connectivity index (χ3n) is 4.24. The average Bonchev–Trinajstić information content (AvgIpc) is 2.90. The van der Waals surface area contributed by atoms with E-state index in [2.05, 4.69) is 24.0 Å². The van der Waals surface area contributed by atoms with Gasteiger partial charge in [-0.1, -0.05) is 12.1 Å². The summed E-state index contributed by atoms with van der Waals surface area (Å²) in [5.41, 5.74) is 2.90. The zero-order valence-corrected chi connectivity index (χ0v) is 13.0. The molecule has 0 unspecified atom stereocenters. The van der Waals surface area contributed by atoms with Crippen molar-refractivity contribution in [2.75, 3.05) is 7.11 Å². The highest BCUT2D eigenvalue weighted by molar-refractivity contribution is 5.97. The molecule has 2 heterocycles. The molecule has 4 nitrogen and oxygen atoms in total. The van der Waals surface area contributed by atoms with Crippen molar-refractivity contribution in [3.63, 3.8) is 0 Å². The molecule has 1 amide bonds. The van der Waals surface area contributed by atoms with Crippen LogP contribution in [-0.4, -0.2) is 28.9 Å². The Hall–Kier alpha value is -2.36. The Bertz CT molecular complexity index is 667. The van der Waals surface area contributed by atoms with Gasteiger partial charge in [0.15, 0.2) is 0 Å². The SMILES string of the molecule is COc1ccc(CC[C@@H](C)N2Cc3ncccc3C2=O)cc1. The second-order valence-corrected chi connectivity index (χ2v) is 5.67. The summed E-state index contributed by atoms with van der Waals surface area (Å²) in [6.45, 7) is 2.73. The number of carbonyl (C=O) groups is 1. The summed E-state index contributed by atoms with van der Waals surface area (Å²) in [4.78, 5) is 18.6. The van der Waals surface area contributed by atoms with E-state index in [1.807, 2.05) is 29.2 Å². The van der Waals surface area contributed by atoms with Crippen LogP contribution in [-0.2, 0) is 13.0 Å². The van der Waals surface area contributed by atoms with E-state index in [0.717, 1.165) is 29.8 Å². The average molecular weight is 296 g/mol. The number of hydrogen-bond acceptors (Lipinski definition) is 3. The molecule has 0 radical (unpaired) electrons. The van der Waals surface area contributed by atoms with Gasteiger partial charge in [-0.3, -0.25) is 9.78 Å². The Morgan fingerprint density at radius 2 is 2.05 bits per heavy atom. The summed E-state index contributed by atoms with van der Waals surface area (Å²) in [5, 5.41) is 0. The Morgan fingerprint density at radius 1 is 1.27 bits per heavy atom. The highest BCUT2D eigenvalue weighted by atomic mass is 16.5. The molecule has 0 saturated carbocycles. The van der Waals surface area contributed by atoms with Crippen LogP contribution < -0.4 is 4.74 Å². The highest BCUT2D eigenvalue weighted by Gasteiger charge is 2.31. The number of hydrogen-bond donors (Lipinski definition) is 0. The number of nitrogens with zero attached hydrogens (tertiary/aromatic N) is 2. The molecule has 0 aliphatic carbocycles. The monoisotopic (exact) mass is 296 g/mol. The van der Waals surface area contributed by atoms with Gasteiger partial charge in [0.05, 0.1) is 24.9 Å². The second-order valence-electron chi connectivity index (χ2n) is 5.67. The molecular formula is C18H20N2O2. The van der Waals surface area contributed by atoms with E-state index >= 15 is 0 Å². The maximum absolute atomic E-state index is 12.4. The molecule has 1 aliphatic rings. The molecule has 3 rings (SSSR count). The number of benzene rings is 1. The van der Waals surface area contributed by atoms with Crippen LogP contribution >= 0.6 is 0 Å². The van der Waals surface area contributed by atoms with Crippen LogP contribution in [0.25, 0.3) is 0 Å². The molecule has 1 aromatic heterocycles. The van der Waals surface area contributed by atoms with Crippen molar-refractivity contribution >= 4 is 5.91 Å². The molecule has 1 aliphatic heterocycles. The van der Waals surface area contributed by atoms with Crippen molar-refractivity contribution in [1.82, 2.24) is 9.88 Å². The fourth-order valence-corrected chi connectivity index (χ4v) is 2.83. The summed E-state index contributed by atoms with van der Waals surface area (Å²) in [5.74, 6) is 0.971. The number of carbonyl (C=O) groups excluding carboxylic acids is 1. The van der Waals surface area contributed by atoms with E-state index in [9.17, 15) is 4.79 Å². The van der Waals surface area contributed by atoms with Crippen molar-refractivity contribution in [3.8, 4) is 5.75 Å². The third kappa shape index (κ3) is 2.82. The van der Waals surface area contributed by atoms with E-state index in [1.165, 1.54) is 5.56 Å². The summed E-state index contributed by atoms with van der Waals surface area (Å²) in [6.07, 6.45) is 3.63. The number of fused-ring (bicyclic) bond motifs is 1. The number of pyridine rings is 1. The van der Waals surface area contributed by atoms with Gasteiger partial charge in [0.25, 0.3) is 5.91 Å². The number of aromatic nitrogens is 1. The van der Waals surface area contributed by atoms with Gasteiger partial charge in [0, 0.05) is 12.2 Å². The first kappa shape index (κ1) is 14.6. The van der Waals surface area contributed by atoms with Crippen molar-refractivity contribution in [1.29, 1.82) is 0 Å². The first-order chi connectivity index (χ1) is 10.7. The van der Waals surface area contributed by atoms with Crippen molar-refractivity contribution < 1.29 is 9.53 Å². The largest absolute Gasteiger partial charge is 0.497 e. The quantitative estimate of drug-likeness (QED) is 0.851. The third-order valence-corrected chi connectivity index (χ3v) is 4.24. The molecule has 0 fully saturated rings. The zero-order chi connectivity index (χ0) is 15.5. The Balaban J connectivity index is 1.61. The lowest BCUT2D eigenvalue weighted by Crippen LogP contribution is -2.33. The van der Waals surface area contributed by atoms with Gasteiger partial charge in [0.2, 0.25) is 0 Å². The maximum atomic E-state index is 12.4. The van der Waals surface area contributed by atoms with Gasteiger partial charge in [-0.05, 0) is 49.6 Å². The van der Waals surface area contributed by atoms with E-state index in [0.29, 0.717) is 6.54 Å². The molecule has 2 aromatic rings. The van der Waals surface area contributed by atoms with Gasteiger partial charge < -0.3 is 9.64 Å². The molecule has 114 valence electrons. The van der Waals surface area contributed by atoms with Gasteiger partial charge in [0.1, 0.15) is 5.75 Å². The van der Waals surface area contributed by atoms with Crippen molar-refractivity contribution in [2.24, 2.45) is 0 Å². The lowest BCUT2D eigenvalue weighted by Gasteiger charge is -2.24. The molecule has 1 atom stereocenters. The molecular weight excluding hydrogens is 276 g/mol. The molecule has 0 N–H and O–H groups in total. The maximum Gasteiger partial charge on any atom is 0.256 e. The van der Waals surface area contributed by atoms with E-state index in [1.54, 1.807) is 13.3 Å². The normalized spacial score (nSPS) is 14.8. The van der Waals surface area contributed by atoms with E-state index in [-0.39, 0.29) is 11.9 Å². The Labute approximate surface area is 130 Å². The molecule has 1 aromatic carbocycles. The Kier molecular flexibility index (Phi) is 4.09. The predicted octanol–water partition coefficient (Wildman–Crippen LogP) is 3.07. The first-order valence-electron chi connectivity index (χ1n) is 7.57. The van der Waals surface area contributed by atoms with Crippen LogP contribution in [0.4, 0.5) is 0 Å². The molecule has 0 bridgehead atoms. The van der Waals surface area contributed by atoms with Crippen molar-refractivity contribution in [2.45, 2.75) is 32.4 Å². The summed E-state index contributed by atoms with van der Waals surface area (Å²) in [7, 11) is 1.67. The minimum absolute atomic E-state index is 0.102. The van der Waals surface area contributed by atoms with Crippen LogP contribution in [0.1, 0.15) is 35.0 Å². The number of aryl methyl sites for hydroxylation is 1. The van der Waals surface area contributed by atoms with Crippen LogP contribution in [0.5, 0.6) is 5.75 Å². The molecule has 0 spiro atoms. The smallest absolute Gasteiger partial charge is 0.256 e. The topological polar surface area (TPSA) is 42.4 Å². The minimum Gasteiger partial charge on any atom is -0.497 e. The number of rotatable bonds is 5. The van der Waals surface area contributed by atoms with Gasteiger partial charge >= 0.3 is 0 Å². The van der Waals surface area contributed by atoms with Crippen LogP contribution in [0.2, 0.25) is 0 Å². The van der Waals surface area contributed by atoms with E-state index < -0.39 is 0 Å². The van der Waals surface area contributed by atoms with Crippen LogP contribution in [0, 0.1) is 0 Å². The fraction of sp³-hybridized carbons (Fsp3) is 0.333. The predicted molar refractivity (Wildman–Crippen MR) is 84.9 cm³/mol. The van der Waals surface area contributed by atoms with Gasteiger partial charge in [-0.15, -0.1) is 0 Å². The lowest BCUT2D eigenvalue weighted by atomic mass is 10.1. The van der Waals surface area contributed by atoms with Gasteiger partial charge in [-0.25, -0.2) is 0 Å². The number of methoxy groups -OCH3 is 1. The highest BCUT2D eigenvalue weighted by Crippen LogP contribution is 2.24. The minimum atomic E-state index is 0.102. The number of ether oxygens (including phenoxy) is 1. The standard InChI is InChI=1S/C18H20N2O2/c1-13(5-6-14-7-9-15(22-2)10-8-14)20-12-17-16(18(20)21)4-3-11-19-17/h3-4,7-11,13H,5-6,12H2,1-2H3/t13-/m1/s1. The van der Waals surface area contributed by atoms with E-state index in [4.69, 9.17) is 4.74 Å². The first-order valence-corrected chi connectivity index (χ1v) is 7.57. The molecule has 0 saturated heterocycles. The Morgan fingerprint density at radius 3 is 2.73 bits per heavy atom. The van der Waals surface area contributed by atoms with Crippen LogP contribution in [0.3, 0.4) is 0 Å². The summed E-state index contributed by atoms with van der Waals surface area (Å²) >= 11 is 0. The van der Waals surface area contributed by atoms with Crippen LogP contribution in [0.15, 0.2) is 42.6 Å². The lowest BCUT2D eigenvalue weighted by molar-refractivity contribution is 0.0709. The fourth-order valence-electron chi connectivity index (χ4n) is 2.83. The molecule has 4 heteroatoms.